The molecule has 0 amide bonds. The number of aromatic nitrogens is 1. The maximum atomic E-state index is 9.55. The first kappa shape index (κ1) is 15.9. The molecule has 0 atom stereocenters. The predicted molar refractivity (Wildman–Crippen MR) is 96.7 cm³/mol. The van der Waals surface area contributed by atoms with Crippen LogP contribution in [0.1, 0.15) is 27.8 Å². The van der Waals surface area contributed by atoms with E-state index in [-0.39, 0.29) is 0 Å². The van der Waals surface area contributed by atoms with Crippen LogP contribution in [0.3, 0.4) is 0 Å². The predicted octanol–water partition coefficient (Wildman–Crippen LogP) is 4.40. The number of oxime groups is 1. The van der Waals surface area contributed by atoms with Gasteiger partial charge in [0, 0.05) is 23.5 Å². The molecule has 0 fully saturated rings. The van der Waals surface area contributed by atoms with Crippen LogP contribution in [0.4, 0.5) is 0 Å². The summed E-state index contributed by atoms with van der Waals surface area (Å²) in [5.74, 6) is 0. The monoisotopic (exact) mass is 316 g/mol. The molecular weight excluding hydrogens is 296 g/mol. The van der Waals surface area contributed by atoms with Crippen molar-refractivity contribution in [1.29, 1.82) is 0 Å². The third-order valence-corrected chi connectivity index (χ3v) is 4.23. The van der Waals surface area contributed by atoms with Crippen LogP contribution in [-0.2, 0) is 12.8 Å². The minimum atomic E-state index is 0.559. The molecule has 2 aromatic carbocycles. The molecule has 1 aromatic heterocycles. The van der Waals surface area contributed by atoms with E-state index in [9.17, 15) is 5.21 Å². The van der Waals surface area contributed by atoms with Crippen molar-refractivity contribution in [3.63, 3.8) is 0 Å². The number of rotatable bonds is 5. The van der Waals surface area contributed by atoms with Crippen molar-refractivity contribution in [1.82, 2.24) is 4.98 Å². The van der Waals surface area contributed by atoms with Gasteiger partial charge in [-0.15, -0.1) is 0 Å². The van der Waals surface area contributed by atoms with E-state index in [2.05, 4.69) is 47.4 Å². The van der Waals surface area contributed by atoms with Crippen molar-refractivity contribution in [3.05, 3.63) is 101 Å². The largest absolute Gasteiger partial charge is 0.410 e. The van der Waals surface area contributed by atoms with E-state index < -0.39 is 0 Å². The topological polar surface area (TPSA) is 45.5 Å². The van der Waals surface area contributed by atoms with Gasteiger partial charge in [-0.2, -0.15) is 0 Å². The summed E-state index contributed by atoms with van der Waals surface area (Å²) in [6.45, 7) is 2.14. The van der Waals surface area contributed by atoms with Crippen molar-refractivity contribution in [2.75, 3.05) is 0 Å². The molecule has 0 unspecified atom stereocenters. The maximum absolute atomic E-state index is 9.55. The zero-order chi connectivity index (χ0) is 16.8. The molecule has 0 aliphatic carbocycles. The molecule has 3 aromatic rings. The Balaban J connectivity index is 1.89. The fourth-order valence-corrected chi connectivity index (χ4v) is 2.90. The Labute approximate surface area is 142 Å². The molecule has 0 aliphatic rings. The highest BCUT2D eigenvalue weighted by molar-refractivity contribution is 6.13. The Morgan fingerprint density at radius 3 is 2.33 bits per heavy atom. The summed E-state index contributed by atoms with van der Waals surface area (Å²) in [5.41, 5.74) is 6.13. The lowest BCUT2D eigenvalue weighted by Crippen LogP contribution is -2.08. The van der Waals surface area contributed by atoms with Gasteiger partial charge in [0.1, 0.15) is 5.71 Å². The summed E-state index contributed by atoms with van der Waals surface area (Å²) >= 11 is 0. The average Bonchev–Trinajstić information content (AvgIpc) is 2.64. The van der Waals surface area contributed by atoms with Crippen molar-refractivity contribution in [3.8, 4) is 0 Å². The second kappa shape index (κ2) is 7.55. The molecule has 0 radical (unpaired) electrons. The zero-order valence-electron chi connectivity index (χ0n) is 13.7. The highest BCUT2D eigenvalue weighted by Crippen LogP contribution is 2.18. The summed E-state index contributed by atoms with van der Waals surface area (Å²) in [6.07, 6.45) is 5.27. The van der Waals surface area contributed by atoms with Gasteiger partial charge in [-0.25, -0.2) is 0 Å². The molecule has 1 N–H and O–H groups in total. The minimum absolute atomic E-state index is 0.559. The summed E-state index contributed by atoms with van der Waals surface area (Å²) < 4.78 is 0. The molecule has 3 rings (SSSR count). The standard InChI is InChI=1S/C21H20N2O/c1-16-7-2-3-8-17(16)12-13-18-9-4-5-11-20(18)21(23-24)19-10-6-14-22-15-19/h2-11,14-15,24H,12-13H2,1H3. The first-order valence-corrected chi connectivity index (χ1v) is 8.05. The first-order valence-electron chi connectivity index (χ1n) is 8.05. The van der Waals surface area contributed by atoms with Gasteiger partial charge in [0.2, 0.25) is 0 Å². The molecule has 1 heterocycles. The van der Waals surface area contributed by atoms with Crippen molar-refractivity contribution < 1.29 is 5.21 Å². The first-order chi connectivity index (χ1) is 11.8. The van der Waals surface area contributed by atoms with Crippen LogP contribution < -0.4 is 0 Å². The molecule has 0 saturated heterocycles. The van der Waals surface area contributed by atoms with Crippen LogP contribution in [0, 0.1) is 6.92 Å². The molecule has 24 heavy (non-hydrogen) atoms. The van der Waals surface area contributed by atoms with Gasteiger partial charge < -0.3 is 5.21 Å². The SMILES string of the molecule is Cc1ccccc1CCc1ccccc1C(=NO)c1cccnc1. The average molecular weight is 316 g/mol. The van der Waals surface area contributed by atoms with Crippen LogP contribution in [-0.4, -0.2) is 15.9 Å². The Morgan fingerprint density at radius 1 is 0.917 bits per heavy atom. The normalized spacial score (nSPS) is 11.5. The van der Waals surface area contributed by atoms with Crippen LogP contribution in [0.2, 0.25) is 0 Å². The van der Waals surface area contributed by atoms with E-state index in [1.807, 2.05) is 30.3 Å². The van der Waals surface area contributed by atoms with E-state index in [1.54, 1.807) is 12.4 Å². The Bertz CT molecular complexity index is 841. The summed E-state index contributed by atoms with van der Waals surface area (Å²) in [7, 11) is 0. The van der Waals surface area contributed by atoms with Crippen LogP contribution in [0.15, 0.2) is 78.2 Å². The molecule has 3 nitrogen and oxygen atoms in total. The molecular formula is C21H20N2O. The summed E-state index contributed by atoms with van der Waals surface area (Å²) in [6, 6.07) is 20.3. The number of hydrogen-bond acceptors (Lipinski definition) is 3. The fourth-order valence-electron chi connectivity index (χ4n) is 2.90. The van der Waals surface area contributed by atoms with E-state index in [0.717, 1.165) is 29.5 Å². The lowest BCUT2D eigenvalue weighted by molar-refractivity contribution is 0.319. The van der Waals surface area contributed by atoms with Crippen molar-refractivity contribution in [2.24, 2.45) is 5.16 Å². The summed E-state index contributed by atoms with van der Waals surface area (Å²) in [5, 5.41) is 13.1. The number of nitrogens with zero attached hydrogens (tertiary/aromatic N) is 2. The maximum Gasteiger partial charge on any atom is 0.118 e. The van der Waals surface area contributed by atoms with E-state index >= 15 is 0 Å². The fraction of sp³-hybridized carbons (Fsp3) is 0.143. The minimum Gasteiger partial charge on any atom is -0.410 e. The van der Waals surface area contributed by atoms with Gasteiger partial charge in [-0.05, 0) is 48.6 Å². The lowest BCUT2D eigenvalue weighted by atomic mass is 9.93. The molecule has 0 spiro atoms. The Kier molecular flexibility index (Phi) is 5.02. The number of aryl methyl sites for hydroxylation is 3. The Hall–Kier alpha value is -2.94. The molecule has 120 valence electrons. The molecule has 0 saturated carbocycles. The molecule has 0 bridgehead atoms. The summed E-state index contributed by atoms with van der Waals surface area (Å²) in [4.78, 5) is 4.12. The van der Waals surface area contributed by atoms with Crippen LogP contribution in [0.25, 0.3) is 0 Å². The number of pyridine rings is 1. The van der Waals surface area contributed by atoms with Crippen LogP contribution in [0.5, 0.6) is 0 Å². The smallest absolute Gasteiger partial charge is 0.118 e. The van der Waals surface area contributed by atoms with Crippen molar-refractivity contribution >= 4 is 5.71 Å². The van der Waals surface area contributed by atoms with E-state index in [1.165, 1.54) is 11.1 Å². The quantitative estimate of drug-likeness (QED) is 0.431. The highest BCUT2D eigenvalue weighted by Gasteiger charge is 2.12. The second-order valence-corrected chi connectivity index (χ2v) is 5.77. The van der Waals surface area contributed by atoms with Gasteiger partial charge in [0.25, 0.3) is 0 Å². The van der Waals surface area contributed by atoms with Gasteiger partial charge in [-0.3, -0.25) is 4.98 Å². The van der Waals surface area contributed by atoms with Crippen molar-refractivity contribution in [2.45, 2.75) is 19.8 Å². The molecule has 3 heteroatoms. The third kappa shape index (κ3) is 3.51. The lowest BCUT2D eigenvalue weighted by Gasteiger charge is -2.12. The zero-order valence-corrected chi connectivity index (χ0v) is 13.7. The highest BCUT2D eigenvalue weighted by atomic mass is 16.4. The number of hydrogen-bond donors (Lipinski definition) is 1. The third-order valence-electron chi connectivity index (χ3n) is 4.23. The Morgan fingerprint density at radius 2 is 1.62 bits per heavy atom. The van der Waals surface area contributed by atoms with E-state index in [0.29, 0.717) is 5.71 Å². The van der Waals surface area contributed by atoms with Gasteiger partial charge in [-0.1, -0.05) is 53.7 Å². The molecule has 0 aliphatic heterocycles. The van der Waals surface area contributed by atoms with Crippen LogP contribution >= 0.6 is 0 Å². The second-order valence-electron chi connectivity index (χ2n) is 5.77. The number of benzene rings is 2. The van der Waals surface area contributed by atoms with Gasteiger partial charge in [0.15, 0.2) is 0 Å². The van der Waals surface area contributed by atoms with Gasteiger partial charge in [0.05, 0.1) is 0 Å². The van der Waals surface area contributed by atoms with Gasteiger partial charge >= 0.3 is 0 Å². The van der Waals surface area contributed by atoms with E-state index in [4.69, 9.17) is 0 Å².